The Labute approximate surface area is 139 Å². The van der Waals surface area contributed by atoms with Crippen molar-refractivity contribution in [2.24, 2.45) is 22.7 Å². The zero-order valence-electron chi connectivity index (χ0n) is 14.7. The summed E-state index contributed by atoms with van der Waals surface area (Å²) in [6.07, 6.45) is 7.60. The number of hydrogen-bond donors (Lipinski definition) is 1. The lowest BCUT2D eigenvalue weighted by Gasteiger charge is -2.59. The molecule has 23 heavy (non-hydrogen) atoms. The van der Waals surface area contributed by atoms with Crippen molar-refractivity contribution in [3.63, 3.8) is 0 Å². The molecular formula is C20H30O3. The topological polar surface area (TPSA) is 46.5 Å². The maximum atomic E-state index is 11.3. The Bertz CT molecular complexity index is 545. The van der Waals surface area contributed by atoms with Crippen LogP contribution in [0.4, 0.5) is 0 Å². The van der Waals surface area contributed by atoms with Gasteiger partial charge >= 0.3 is 5.97 Å². The fraction of sp³-hybridized carbons (Fsp3) is 0.750. The molecule has 3 aliphatic rings. The second-order valence-corrected chi connectivity index (χ2v) is 8.72. The SMILES string of the molecule is C=C1[C@@H](O)C[C@H]2C(C)(C)CCC[C@]2(C)[C@H]1C/C=C1/COC(=O)C1. The van der Waals surface area contributed by atoms with Crippen molar-refractivity contribution in [3.05, 3.63) is 23.8 Å². The number of carbonyl (C=O) groups is 1. The van der Waals surface area contributed by atoms with E-state index in [1.807, 2.05) is 0 Å². The number of hydrogen-bond acceptors (Lipinski definition) is 3. The highest BCUT2D eigenvalue weighted by Gasteiger charge is 2.54. The van der Waals surface area contributed by atoms with Crippen LogP contribution in [0.5, 0.6) is 0 Å². The first-order valence-corrected chi connectivity index (χ1v) is 8.94. The monoisotopic (exact) mass is 318 g/mol. The normalized spacial score (nSPS) is 41.7. The lowest BCUT2D eigenvalue weighted by molar-refractivity contribution is -0.137. The number of rotatable bonds is 2. The average Bonchev–Trinajstić information content (AvgIpc) is 2.87. The van der Waals surface area contributed by atoms with Gasteiger partial charge in [-0.1, -0.05) is 39.8 Å². The predicted octanol–water partition coefficient (Wildman–Crippen LogP) is 4.02. The van der Waals surface area contributed by atoms with E-state index in [0.29, 0.717) is 24.9 Å². The molecule has 3 heteroatoms. The molecule has 1 heterocycles. The smallest absolute Gasteiger partial charge is 0.310 e. The number of allylic oxidation sites excluding steroid dienone is 1. The fourth-order valence-electron chi connectivity index (χ4n) is 5.50. The van der Waals surface area contributed by atoms with Gasteiger partial charge in [0.15, 0.2) is 0 Å². The van der Waals surface area contributed by atoms with Crippen LogP contribution in [0, 0.1) is 22.7 Å². The molecule has 1 N–H and O–H groups in total. The van der Waals surface area contributed by atoms with E-state index >= 15 is 0 Å². The first-order valence-electron chi connectivity index (χ1n) is 8.94. The molecule has 4 atom stereocenters. The lowest BCUT2D eigenvalue weighted by Crippen LogP contribution is -2.52. The zero-order valence-corrected chi connectivity index (χ0v) is 14.7. The zero-order chi connectivity index (χ0) is 16.8. The molecular weight excluding hydrogens is 288 g/mol. The van der Waals surface area contributed by atoms with Gasteiger partial charge < -0.3 is 9.84 Å². The first kappa shape index (κ1) is 16.8. The maximum Gasteiger partial charge on any atom is 0.310 e. The van der Waals surface area contributed by atoms with Crippen LogP contribution in [0.25, 0.3) is 0 Å². The molecule has 0 unspecified atom stereocenters. The Balaban J connectivity index is 1.86. The summed E-state index contributed by atoms with van der Waals surface area (Å²) in [5.41, 5.74) is 2.53. The minimum Gasteiger partial charge on any atom is -0.461 e. The summed E-state index contributed by atoms with van der Waals surface area (Å²) in [4.78, 5) is 11.3. The van der Waals surface area contributed by atoms with Gasteiger partial charge in [-0.05, 0) is 59.5 Å². The number of carbonyl (C=O) groups excluding carboxylic acids is 1. The van der Waals surface area contributed by atoms with E-state index < -0.39 is 6.10 Å². The van der Waals surface area contributed by atoms with Crippen LogP contribution in [0.1, 0.15) is 59.3 Å². The Kier molecular flexibility index (Phi) is 4.20. The van der Waals surface area contributed by atoms with Gasteiger partial charge in [-0.25, -0.2) is 0 Å². The molecule has 2 aliphatic carbocycles. The summed E-state index contributed by atoms with van der Waals surface area (Å²) >= 11 is 0. The summed E-state index contributed by atoms with van der Waals surface area (Å²) in [5, 5.41) is 10.6. The minimum atomic E-state index is -0.393. The molecule has 2 saturated carbocycles. The van der Waals surface area contributed by atoms with E-state index in [2.05, 4.69) is 33.4 Å². The van der Waals surface area contributed by atoms with Crippen molar-refractivity contribution in [2.45, 2.75) is 65.4 Å². The third-order valence-electron chi connectivity index (χ3n) is 6.84. The van der Waals surface area contributed by atoms with E-state index in [4.69, 9.17) is 4.74 Å². The van der Waals surface area contributed by atoms with E-state index in [9.17, 15) is 9.90 Å². The average molecular weight is 318 g/mol. The molecule has 3 fully saturated rings. The van der Waals surface area contributed by atoms with Crippen molar-refractivity contribution in [3.8, 4) is 0 Å². The number of aliphatic hydroxyl groups excluding tert-OH is 1. The van der Waals surface area contributed by atoms with E-state index in [0.717, 1.165) is 24.0 Å². The van der Waals surface area contributed by atoms with Gasteiger partial charge in [-0.2, -0.15) is 0 Å². The molecule has 0 bridgehead atoms. The highest BCUT2D eigenvalue weighted by atomic mass is 16.5. The van der Waals surface area contributed by atoms with Gasteiger partial charge in [-0.15, -0.1) is 0 Å². The van der Waals surface area contributed by atoms with Gasteiger partial charge in [0.05, 0.1) is 12.5 Å². The molecule has 0 amide bonds. The molecule has 1 aliphatic heterocycles. The third kappa shape index (κ3) is 2.88. The van der Waals surface area contributed by atoms with Crippen LogP contribution in [0.3, 0.4) is 0 Å². The molecule has 0 aromatic heterocycles. The van der Waals surface area contributed by atoms with Crippen LogP contribution in [-0.2, 0) is 9.53 Å². The number of aliphatic hydroxyl groups is 1. The predicted molar refractivity (Wildman–Crippen MR) is 90.8 cm³/mol. The quantitative estimate of drug-likeness (QED) is 0.618. The summed E-state index contributed by atoms with van der Waals surface area (Å²) < 4.78 is 5.04. The summed E-state index contributed by atoms with van der Waals surface area (Å²) in [6.45, 7) is 11.8. The van der Waals surface area contributed by atoms with E-state index in [-0.39, 0.29) is 16.8 Å². The third-order valence-corrected chi connectivity index (χ3v) is 6.84. The molecule has 128 valence electrons. The van der Waals surface area contributed by atoms with Crippen molar-refractivity contribution in [1.82, 2.24) is 0 Å². The largest absolute Gasteiger partial charge is 0.461 e. The Morgan fingerprint density at radius 3 is 2.74 bits per heavy atom. The number of fused-ring (bicyclic) bond motifs is 1. The number of ether oxygens (including phenoxy) is 1. The Morgan fingerprint density at radius 2 is 2.09 bits per heavy atom. The van der Waals surface area contributed by atoms with Gasteiger partial charge in [-0.3, -0.25) is 4.79 Å². The highest BCUT2D eigenvalue weighted by molar-refractivity contribution is 5.75. The number of esters is 1. The second-order valence-electron chi connectivity index (χ2n) is 8.72. The van der Waals surface area contributed by atoms with Crippen molar-refractivity contribution in [2.75, 3.05) is 6.61 Å². The van der Waals surface area contributed by atoms with Gasteiger partial charge in [0, 0.05) is 0 Å². The van der Waals surface area contributed by atoms with Crippen LogP contribution in [0.2, 0.25) is 0 Å². The standard InChI is InChI=1S/C20H30O3/c1-13-15(7-6-14-10-18(22)23-12-14)20(4)9-5-8-19(2,3)17(20)11-16(13)21/h6,15-17,21H,1,5,7-12H2,2-4H3/b14-6+/t15-,16-,17-,20+/m0/s1. The van der Waals surface area contributed by atoms with E-state index in [1.165, 1.54) is 19.3 Å². The van der Waals surface area contributed by atoms with Gasteiger partial charge in [0.2, 0.25) is 0 Å². The second kappa shape index (κ2) is 5.77. The summed E-state index contributed by atoms with van der Waals surface area (Å²) in [7, 11) is 0. The van der Waals surface area contributed by atoms with Crippen molar-refractivity contribution in [1.29, 1.82) is 0 Å². The molecule has 0 aromatic rings. The Hall–Kier alpha value is -1.09. The highest BCUT2D eigenvalue weighted by Crippen LogP contribution is 2.61. The van der Waals surface area contributed by atoms with Crippen molar-refractivity contribution < 1.29 is 14.6 Å². The fourth-order valence-corrected chi connectivity index (χ4v) is 5.50. The molecule has 3 nitrogen and oxygen atoms in total. The van der Waals surface area contributed by atoms with Crippen molar-refractivity contribution >= 4 is 5.97 Å². The molecule has 3 rings (SSSR count). The maximum absolute atomic E-state index is 11.3. The Morgan fingerprint density at radius 1 is 1.35 bits per heavy atom. The molecule has 1 saturated heterocycles. The minimum absolute atomic E-state index is 0.123. The van der Waals surface area contributed by atoms with Crippen LogP contribution in [-0.4, -0.2) is 23.8 Å². The van der Waals surface area contributed by atoms with Crippen LogP contribution in [0.15, 0.2) is 23.8 Å². The van der Waals surface area contributed by atoms with Gasteiger partial charge in [0.25, 0.3) is 0 Å². The number of cyclic esters (lactones) is 1. The van der Waals surface area contributed by atoms with Gasteiger partial charge in [0.1, 0.15) is 6.61 Å². The van der Waals surface area contributed by atoms with Crippen LogP contribution < -0.4 is 0 Å². The van der Waals surface area contributed by atoms with E-state index in [1.54, 1.807) is 0 Å². The lowest BCUT2D eigenvalue weighted by atomic mass is 9.46. The molecule has 0 aromatic carbocycles. The molecule has 0 spiro atoms. The molecule has 0 radical (unpaired) electrons. The summed E-state index contributed by atoms with van der Waals surface area (Å²) in [5.74, 6) is 0.690. The summed E-state index contributed by atoms with van der Waals surface area (Å²) in [6, 6.07) is 0. The van der Waals surface area contributed by atoms with Crippen LogP contribution >= 0.6 is 0 Å². The first-order chi connectivity index (χ1) is 10.7.